The minimum Gasteiger partial charge on any atom is -0.380 e. The van der Waals surface area contributed by atoms with Crippen molar-refractivity contribution in [3.05, 3.63) is 58.4 Å². The number of rotatable bonds is 5. The predicted octanol–water partition coefficient (Wildman–Crippen LogP) is 2.90. The lowest BCUT2D eigenvalue weighted by Crippen LogP contribution is -2.21. The van der Waals surface area contributed by atoms with Crippen LogP contribution in [0.2, 0.25) is 0 Å². The molecule has 0 saturated carbocycles. The van der Waals surface area contributed by atoms with Gasteiger partial charge in [-0.3, -0.25) is 14.2 Å². The Balaban J connectivity index is 1.96. The summed E-state index contributed by atoms with van der Waals surface area (Å²) in [6.45, 7) is 3.91. The fraction of sp³-hybridized carbons (Fsp3) is 0.263. The molecule has 0 N–H and O–H groups in total. The molecular weight excluding hydrogens is 304 g/mol. The molecule has 1 aliphatic rings. The van der Waals surface area contributed by atoms with Crippen molar-refractivity contribution >= 4 is 16.8 Å². The van der Waals surface area contributed by atoms with Crippen molar-refractivity contribution < 1.29 is 9.53 Å². The van der Waals surface area contributed by atoms with Gasteiger partial charge in [0.15, 0.2) is 0 Å². The third kappa shape index (κ3) is 2.05. The summed E-state index contributed by atoms with van der Waals surface area (Å²) >= 11 is 0. The average molecular weight is 322 g/mol. The first-order valence-electron chi connectivity index (χ1n) is 8.19. The molecule has 2 aromatic heterocycles. The summed E-state index contributed by atoms with van der Waals surface area (Å²) in [6.07, 6.45) is 2.67. The standard InChI is InChI=1S/C19H18N2O3/c1-2-11-24-12-10-20-14-7-4-3-6-13(14)18(22)16-17(20)15-8-5-9-21(15)19(16)23/h3-9H,2,10-12H2,1H3. The number of para-hydroxylation sites is 1. The Morgan fingerprint density at radius 1 is 1.04 bits per heavy atom. The third-order valence-electron chi connectivity index (χ3n) is 4.41. The van der Waals surface area contributed by atoms with Gasteiger partial charge in [0.25, 0.3) is 5.91 Å². The molecule has 3 aromatic rings. The van der Waals surface area contributed by atoms with Crippen LogP contribution in [-0.2, 0) is 11.3 Å². The van der Waals surface area contributed by atoms with Gasteiger partial charge in [0.1, 0.15) is 5.56 Å². The van der Waals surface area contributed by atoms with E-state index in [1.165, 1.54) is 0 Å². The molecule has 1 aromatic carbocycles. The van der Waals surface area contributed by atoms with Crippen LogP contribution in [0.3, 0.4) is 0 Å². The zero-order chi connectivity index (χ0) is 16.7. The number of ether oxygens (including phenoxy) is 1. The molecule has 0 bridgehead atoms. The van der Waals surface area contributed by atoms with Crippen LogP contribution in [-0.4, -0.2) is 28.3 Å². The van der Waals surface area contributed by atoms with Crippen LogP contribution in [0.15, 0.2) is 47.4 Å². The SMILES string of the molecule is CCCOCCn1c2c(c(=O)c3ccccc31)C(=O)n1cccc1-2. The summed E-state index contributed by atoms with van der Waals surface area (Å²) in [5.74, 6) is -0.246. The van der Waals surface area contributed by atoms with E-state index in [1.807, 2.05) is 34.9 Å². The molecule has 0 spiro atoms. The summed E-state index contributed by atoms with van der Waals surface area (Å²) in [5.41, 5.74) is 2.38. The molecule has 0 fully saturated rings. The first kappa shape index (κ1) is 14.9. The van der Waals surface area contributed by atoms with Gasteiger partial charge in [0.2, 0.25) is 5.43 Å². The lowest BCUT2D eigenvalue weighted by atomic mass is 10.1. The Morgan fingerprint density at radius 3 is 2.71 bits per heavy atom. The minimum absolute atomic E-state index is 0.194. The van der Waals surface area contributed by atoms with Crippen LogP contribution in [0.25, 0.3) is 22.3 Å². The Morgan fingerprint density at radius 2 is 1.88 bits per heavy atom. The molecule has 4 rings (SSSR count). The topological polar surface area (TPSA) is 53.2 Å². The molecule has 5 nitrogen and oxygen atoms in total. The highest BCUT2D eigenvalue weighted by Gasteiger charge is 2.32. The summed E-state index contributed by atoms with van der Waals surface area (Å²) in [5, 5.41) is 0.575. The molecule has 0 atom stereocenters. The number of carbonyl (C=O) groups is 1. The Hall–Kier alpha value is -2.66. The molecule has 1 aliphatic heterocycles. The van der Waals surface area contributed by atoms with Gasteiger partial charge in [-0.25, -0.2) is 0 Å². The van der Waals surface area contributed by atoms with Gasteiger partial charge in [0, 0.05) is 24.7 Å². The highest BCUT2D eigenvalue weighted by atomic mass is 16.5. The third-order valence-corrected chi connectivity index (χ3v) is 4.41. The van der Waals surface area contributed by atoms with E-state index >= 15 is 0 Å². The molecule has 5 heteroatoms. The Kier molecular flexibility index (Phi) is 3.58. The van der Waals surface area contributed by atoms with Gasteiger partial charge in [-0.2, -0.15) is 0 Å². The van der Waals surface area contributed by atoms with Crippen molar-refractivity contribution in [2.75, 3.05) is 13.2 Å². The quantitative estimate of drug-likeness (QED) is 0.531. The van der Waals surface area contributed by atoms with Gasteiger partial charge in [-0.15, -0.1) is 0 Å². The fourth-order valence-electron chi connectivity index (χ4n) is 3.37. The number of carbonyl (C=O) groups excluding carboxylic acids is 1. The van der Waals surface area contributed by atoms with Gasteiger partial charge in [-0.1, -0.05) is 19.1 Å². The van der Waals surface area contributed by atoms with Crippen molar-refractivity contribution in [2.24, 2.45) is 0 Å². The Bertz CT molecular complexity index is 998. The first-order chi connectivity index (χ1) is 11.7. The van der Waals surface area contributed by atoms with Crippen molar-refractivity contribution in [1.29, 1.82) is 0 Å². The van der Waals surface area contributed by atoms with Crippen LogP contribution in [0, 0.1) is 0 Å². The second kappa shape index (κ2) is 5.76. The first-order valence-corrected chi connectivity index (χ1v) is 8.19. The number of fused-ring (bicyclic) bond motifs is 4. The van der Waals surface area contributed by atoms with E-state index in [-0.39, 0.29) is 16.9 Å². The molecule has 0 radical (unpaired) electrons. The van der Waals surface area contributed by atoms with Crippen molar-refractivity contribution in [1.82, 2.24) is 9.13 Å². The Labute approximate surface area is 139 Å². The molecule has 24 heavy (non-hydrogen) atoms. The highest BCUT2D eigenvalue weighted by molar-refractivity contribution is 6.10. The van der Waals surface area contributed by atoms with Crippen molar-refractivity contribution in [3.63, 3.8) is 0 Å². The predicted molar refractivity (Wildman–Crippen MR) is 92.5 cm³/mol. The second-order valence-electron chi connectivity index (χ2n) is 5.90. The maximum Gasteiger partial charge on any atom is 0.268 e. The van der Waals surface area contributed by atoms with E-state index in [0.717, 1.165) is 17.6 Å². The molecule has 3 heterocycles. The van der Waals surface area contributed by atoms with Crippen LogP contribution < -0.4 is 5.43 Å². The average Bonchev–Trinajstić information content (AvgIpc) is 3.17. The van der Waals surface area contributed by atoms with Crippen LogP contribution in [0.4, 0.5) is 0 Å². The monoisotopic (exact) mass is 322 g/mol. The number of aromatic nitrogens is 2. The number of hydrogen-bond acceptors (Lipinski definition) is 3. The molecule has 0 amide bonds. The summed E-state index contributed by atoms with van der Waals surface area (Å²) in [7, 11) is 0. The second-order valence-corrected chi connectivity index (χ2v) is 5.90. The fourth-order valence-corrected chi connectivity index (χ4v) is 3.37. The normalized spacial score (nSPS) is 12.6. The number of hydrogen-bond donors (Lipinski definition) is 0. The van der Waals surface area contributed by atoms with E-state index in [1.54, 1.807) is 16.8 Å². The lowest BCUT2D eigenvalue weighted by molar-refractivity contribution is 0.0968. The van der Waals surface area contributed by atoms with Gasteiger partial charge in [0.05, 0.1) is 23.5 Å². The molecular formula is C19H18N2O3. The van der Waals surface area contributed by atoms with E-state index in [2.05, 4.69) is 6.92 Å². The number of nitrogens with zero attached hydrogens (tertiary/aromatic N) is 2. The molecule has 0 saturated heterocycles. The largest absolute Gasteiger partial charge is 0.380 e. The van der Waals surface area contributed by atoms with Gasteiger partial charge >= 0.3 is 0 Å². The number of benzene rings is 1. The lowest BCUT2D eigenvalue weighted by Gasteiger charge is -2.16. The van der Waals surface area contributed by atoms with E-state index in [0.29, 0.717) is 30.8 Å². The zero-order valence-electron chi connectivity index (χ0n) is 13.5. The summed E-state index contributed by atoms with van der Waals surface area (Å²) in [4.78, 5) is 25.5. The summed E-state index contributed by atoms with van der Waals surface area (Å²) < 4.78 is 9.22. The molecule has 122 valence electrons. The zero-order valence-corrected chi connectivity index (χ0v) is 13.5. The minimum atomic E-state index is -0.246. The molecule has 0 aliphatic carbocycles. The maximum absolute atomic E-state index is 12.8. The summed E-state index contributed by atoms with van der Waals surface area (Å²) in [6, 6.07) is 11.1. The van der Waals surface area contributed by atoms with E-state index in [9.17, 15) is 9.59 Å². The number of pyridine rings is 1. The van der Waals surface area contributed by atoms with Crippen molar-refractivity contribution in [2.45, 2.75) is 19.9 Å². The van der Waals surface area contributed by atoms with Crippen LogP contribution >= 0.6 is 0 Å². The molecule has 0 unspecified atom stereocenters. The van der Waals surface area contributed by atoms with Crippen molar-refractivity contribution in [3.8, 4) is 11.4 Å². The smallest absolute Gasteiger partial charge is 0.268 e. The highest BCUT2D eigenvalue weighted by Crippen LogP contribution is 2.32. The van der Waals surface area contributed by atoms with E-state index in [4.69, 9.17) is 4.74 Å². The van der Waals surface area contributed by atoms with E-state index < -0.39 is 0 Å². The van der Waals surface area contributed by atoms with Gasteiger partial charge in [-0.05, 0) is 30.7 Å². The van der Waals surface area contributed by atoms with Gasteiger partial charge < -0.3 is 9.30 Å². The van der Waals surface area contributed by atoms with Crippen LogP contribution in [0.1, 0.15) is 23.7 Å². The maximum atomic E-state index is 12.8. The van der Waals surface area contributed by atoms with Crippen LogP contribution in [0.5, 0.6) is 0 Å².